The van der Waals surface area contributed by atoms with Gasteiger partial charge in [-0.15, -0.1) is 24.0 Å². The van der Waals surface area contributed by atoms with Crippen LogP contribution in [-0.2, 0) is 6.42 Å². The van der Waals surface area contributed by atoms with Gasteiger partial charge in [0.2, 0.25) is 0 Å². The smallest absolute Gasteiger partial charge is 0.193 e. The molecule has 0 spiro atoms. The van der Waals surface area contributed by atoms with Crippen molar-refractivity contribution < 1.29 is 0 Å². The zero-order valence-electron chi connectivity index (χ0n) is 11.9. The highest BCUT2D eigenvalue weighted by Gasteiger charge is 2.14. The van der Waals surface area contributed by atoms with E-state index in [2.05, 4.69) is 55.4 Å². The fraction of sp³-hybridized carbons (Fsp3) is 0.533. The molecule has 1 saturated heterocycles. The first-order valence-corrected chi connectivity index (χ1v) is 7.79. The van der Waals surface area contributed by atoms with Crippen LogP contribution in [0.5, 0.6) is 0 Å². The maximum atomic E-state index is 4.35. The van der Waals surface area contributed by atoms with Crippen LogP contribution in [0.4, 0.5) is 0 Å². The largest absolute Gasteiger partial charge is 0.356 e. The molecule has 1 N–H and O–H groups in total. The summed E-state index contributed by atoms with van der Waals surface area (Å²) in [6, 6.07) is 8.53. The predicted octanol–water partition coefficient (Wildman–Crippen LogP) is 3.67. The summed E-state index contributed by atoms with van der Waals surface area (Å²) < 4.78 is 1.16. The van der Waals surface area contributed by atoms with Gasteiger partial charge < -0.3 is 10.2 Å². The van der Waals surface area contributed by atoms with Crippen molar-refractivity contribution in [3.05, 3.63) is 34.3 Å². The van der Waals surface area contributed by atoms with Gasteiger partial charge in [0.1, 0.15) is 0 Å². The van der Waals surface area contributed by atoms with Crippen molar-refractivity contribution in [3.8, 4) is 0 Å². The lowest BCUT2D eigenvalue weighted by Gasteiger charge is -2.20. The number of rotatable bonds is 4. The van der Waals surface area contributed by atoms with Crippen molar-refractivity contribution in [2.75, 3.05) is 26.7 Å². The van der Waals surface area contributed by atoms with Crippen molar-refractivity contribution in [3.63, 3.8) is 0 Å². The van der Waals surface area contributed by atoms with E-state index in [0.29, 0.717) is 0 Å². The number of nitrogens with zero attached hydrogens (tertiary/aromatic N) is 2. The molecule has 0 unspecified atom stereocenters. The van der Waals surface area contributed by atoms with Gasteiger partial charge in [-0.3, -0.25) is 4.99 Å². The Morgan fingerprint density at radius 1 is 1.35 bits per heavy atom. The minimum absolute atomic E-state index is 0. The van der Waals surface area contributed by atoms with Crippen molar-refractivity contribution >= 4 is 45.9 Å². The molecule has 0 amide bonds. The Morgan fingerprint density at radius 3 is 2.75 bits per heavy atom. The maximum absolute atomic E-state index is 4.35. The molecule has 0 aromatic heterocycles. The summed E-state index contributed by atoms with van der Waals surface area (Å²) in [5.74, 6) is 1.06. The van der Waals surface area contributed by atoms with Crippen LogP contribution < -0.4 is 5.32 Å². The van der Waals surface area contributed by atoms with E-state index < -0.39 is 0 Å². The van der Waals surface area contributed by atoms with Crippen LogP contribution in [0, 0.1) is 0 Å². The highest BCUT2D eigenvalue weighted by molar-refractivity contribution is 14.0. The molecular weight excluding hydrogens is 429 g/mol. The van der Waals surface area contributed by atoms with Gasteiger partial charge in [0.05, 0.1) is 0 Å². The highest BCUT2D eigenvalue weighted by atomic mass is 127. The molecule has 2 rings (SSSR count). The maximum Gasteiger partial charge on any atom is 0.193 e. The van der Waals surface area contributed by atoms with E-state index in [4.69, 9.17) is 0 Å². The number of aliphatic imine (C=N–C) groups is 1. The van der Waals surface area contributed by atoms with Gasteiger partial charge >= 0.3 is 0 Å². The predicted molar refractivity (Wildman–Crippen MR) is 100 cm³/mol. The number of halogens is 2. The number of hydrogen-bond acceptors (Lipinski definition) is 1. The van der Waals surface area contributed by atoms with E-state index in [-0.39, 0.29) is 24.0 Å². The van der Waals surface area contributed by atoms with Crippen molar-refractivity contribution in [2.45, 2.75) is 25.7 Å². The first-order valence-electron chi connectivity index (χ1n) is 6.99. The molecule has 20 heavy (non-hydrogen) atoms. The molecule has 1 aromatic rings. The second kappa shape index (κ2) is 9.60. The third kappa shape index (κ3) is 5.60. The molecule has 112 valence electrons. The summed E-state index contributed by atoms with van der Waals surface area (Å²) in [4.78, 5) is 6.70. The number of aryl methyl sites for hydroxylation is 1. The second-order valence-electron chi connectivity index (χ2n) is 4.90. The number of hydrogen-bond donors (Lipinski definition) is 1. The van der Waals surface area contributed by atoms with Gasteiger partial charge in [-0.25, -0.2) is 0 Å². The molecule has 0 atom stereocenters. The topological polar surface area (TPSA) is 27.6 Å². The molecule has 0 radical (unpaired) electrons. The van der Waals surface area contributed by atoms with E-state index >= 15 is 0 Å². The van der Waals surface area contributed by atoms with Gasteiger partial charge in [-0.05, 0) is 43.4 Å². The van der Waals surface area contributed by atoms with E-state index in [9.17, 15) is 0 Å². The standard InChI is InChI=1S/C15H22BrN3.HI/c1-17-15(19-10-2-3-11-19)18-9-5-7-13-6-4-8-14(16)12-13;/h4,6,8,12H,2-3,5,7,9-11H2,1H3,(H,17,18);1H. The Kier molecular flexibility index (Phi) is 8.52. The van der Waals surface area contributed by atoms with E-state index in [0.717, 1.165) is 42.9 Å². The normalized spacial score (nSPS) is 15.1. The van der Waals surface area contributed by atoms with E-state index in [1.54, 1.807) is 0 Å². The van der Waals surface area contributed by atoms with Crippen LogP contribution in [0.1, 0.15) is 24.8 Å². The quantitative estimate of drug-likeness (QED) is 0.327. The Labute approximate surface area is 147 Å². The number of benzene rings is 1. The zero-order valence-corrected chi connectivity index (χ0v) is 15.9. The molecular formula is C15H23BrIN3. The highest BCUT2D eigenvalue weighted by Crippen LogP contribution is 2.13. The molecule has 1 aliphatic heterocycles. The summed E-state index contributed by atoms with van der Waals surface area (Å²) in [7, 11) is 1.87. The molecule has 3 nitrogen and oxygen atoms in total. The summed E-state index contributed by atoms with van der Waals surface area (Å²) in [6.45, 7) is 3.27. The SMILES string of the molecule is CN=C(NCCCc1cccc(Br)c1)N1CCCC1.I. The van der Waals surface area contributed by atoms with Crippen LogP contribution in [0.25, 0.3) is 0 Å². The molecule has 1 fully saturated rings. The van der Waals surface area contributed by atoms with Gasteiger partial charge in [-0.1, -0.05) is 28.1 Å². The Bertz CT molecular complexity index is 431. The van der Waals surface area contributed by atoms with Crippen LogP contribution in [0.2, 0.25) is 0 Å². The van der Waals surface area contributed by atoms with Gasteiger partial charge in [-0.2, -0.15) is 0 Å². The summed E-state index contributed by atoms with van der Waals surface area (Å²) in [5.41, 5.74) is 1.38. The van der Waals surface area contributed by atoms with Crippen LogP contribution in [0.15, 0.2) is 33.7 Å². The monoisotopic (exact) mass is 451 g/mol. The first-order chi connectivity index (χ1) is 9.29. The Morgan fingerprint density at radius 2 is 2.10 bits per heavy atom. The molecule has 0 saturated carbocycles. The molecule has 1 aromatic carbocycles. The lowest BCUT2D eigenvalue weighted by molar-refractivity contribution is 0.492. The number of guanidine groups is 1. The Balaban J connectivity index is 0.00000200. The molecule has 1 aliphatic rings. The Hall–Kier alpha value is -0.300. The lowest BCUT2D eigenvalue weighted by Crippen LogP contribution is -2.40. The van der Waals surface area contributed by atoms with E-state index in [1.807, 2.05) is 7.05 Å². The lowest BCUT2D eigenvalue weighted by atomic mass is 10.1. The second-order valence-corrected chi connectivity index (χ2v) is 5.82. The molecule has 0 aliphatic carbocycles. The fourth-order valence-corrected chi connectivity index (χ4v) is 2.89. The minimum atomic E-state index is 0. The van der Waals surface area contributed by atoms with Crippen molar-refractivity contribution in [2.24, 2.45) is 4.99 Å². The first kappa shape index (κ1) is 17.8. The molecule has 1 heterocycles. The summed E-state index contributed by atoms with van der Waals surface area (Å²) in [6.07, 6.45) is 4.81. The van der Waals surface area contributed by atoms with Gasteiger partial charge in [0.15, 0.2) is 5.96 Å². The van der Waals surface area contributed by atoms with Gasteiger partial charge in [0, 0.05) is 31.2 Å². The van der Waals surface area contributed by atoms with Gasteiger partial charge in [0.25, 0.3) is 0 Å². The zero-order chi connectivity index (χ0) is 13.5. The van der Waals surface area contributed by atoms with Crippen LogP contribution >= 0.6 is 39.9 Å². The number of likely N-dealkylation sites (tertiary alicyclic amines) is 1. The molecule has 5 heteroatoms. The van der Waals surface area contributed by atoms with Crippen molar-refractivity contribution in [1.82, 2.24) is 10.2 Å². The molecule has 0 bridgehead atoms. The summed E-state index contributed by atoms with van der Waals surface area (Å²) in [5, 5.41) is 3.46. The summed E-state index contributed by atoms with van der Waals surface area (Å²) >= 11 is 3.51. The fourth-order valence-electron chi connectivity index (χ4n) is 2.45. The minimum Gasteiger partial charge on any atom is -0.356 e. The number of nitrogens with one attached hydrogen (secondary N) is 1. The third-order valence-electron chi connectivity index (χ3n) is 3.43. The van der Waals surface area contributed by atoms with E-state index in [1.165, 1.54) is 18.4 Å². The van der Waals surface area contributed by atoms with Crippen molar-refractivity contribution in [1.29, 1.82) is 0 Å². The van der Waals surface area contributed by atoms with Crippen LogP contribution in [-0.4, -0.2) is 37.5 Å². The third-order valence-corrected chi connectivity index (χ3v) is 3.93. The van der Waals surface area contributed by atoms with Crippen LogP contribution in [0.3, 0.4) is 0 Å². The average molecular weight is 452 g/mol. The average Bonchev–Trinajstić information content (AvgIpc) is 2.93.